The first-order valence-electron chi connectivity index (χ1n) is 10.1. The van der Waals surface area contributed by atoms with Crippen LogP contribution in [0.3, 0.4) is 0 Å². The van der Waals surface area contributed by atoms with Crippen LogP contribution in [-0.2, 0) is 4.79 Å². The summed E-state index contributed by atoms with van der Waals surface area (Å²) in [5.41, 5.74) is 3.28. The van der Waals surface area contributed by atoms with Crippen LogP contribution in [-0.4, -0.2) is 45.5 Å². The van der Waals surface area contributed by atoms with Gasteiger partial charge >= 0.3 is 0 Å². The quantitative estimate of drug-likeness (QED) is 0.411. The highest BCUT2D eigenvalue weighted by molar-refractivity contribution is 6.33. The normalized spacial score (nSPS) is 10.8. The number of nitrogens with one attached hydrogen (secondary N) is 1. The highest BCUT2D eigenvalue weighted by Crippen LogP contribution is 2.26. The van der Waals surface area contributed by atoms with Gasteiger partial charge in [-0.2, -0.15) is 4.52 Å². The van der Waals surface area contributed by atoms with Crippen LogP contribution in [0.4, 0.5) is 0 Å². The van der Waals surface area contributed by atoms with Crippen LogP contribution < -0.4 is 14.8 Å². The van der Waals surface area contributed by atoms with E-state index in [1.807, 2.05) is 50.2 Å². The zero-order valence-corrected chi connectivity index (χ0v) is 18.5. The Labute approximate surface area is 190 Å². The molecule has 0 aliphatic heterocycles. The van der Waals surface area contributed by atoms with E-state index in [0.29, 0.717) is 28.9 Å². The van der Waals surface area contributed by atoms with E-state index in [1.54, 1.807) is 22.7 Å². The fourth-order valence-electron chi connectivity index (χ4n) is 3.22. The molecule has 9 heteroatoms. The molecule has 0 atom stereocenters. The van der Waals surface area contributed by atoms with Crippen molar-refractivity contribution < 1.29 is 14.3 Å². The van der Waals surface area contributed by atoms with Gasteiger partial charge in [0.15, 0.2) is 18.1 Å². The van der Waals surface area contributed by atoms with Crippen molar-refractivity contribution in [3.05, 3.63) is 70.7 Å². The third-order valence-electron chi connectivity index (χ3n) is 4.78. The SMILES string of the molecule is Cc1cccc(C)c1OCC(=O)NCCOc1ccc2nnc(-c3ccccc3Cl)n2n1. The highest BCUT2D eigenvalue weighted by atomic mass is 35.5. The molecule has 4 aromatic rings. The molecule has 1 N–H and O–H groups in total. The maximum Gasteiger partial charge on any atom is 0.258 e. The largest absolute Gasteiger partial charge is 0.483 e. The van der Waals surface area contributed by atoms with Crippen LogP contribution >= 0.6 is 11.6 Å². The summed E-state index contributed by atoms with van der Waals surface area (Å²) in [5.74, 6) is 1.42. The van der Waals surface area contributed by atoms with E-state index in [0.717, 1.165) is 22.4 Å². The monoisotopic (exact) mass is 451 g/mol. The van der Waals surface area contributed by atoms with Crippen molar-refractivity contribution in [1.82, 2.24) is 25.1 Å². The lowest BCUT2D eigenvalue weighted by molar-refractivity contribution is -0.123. The number of ether oxygens (including phenoxy) is 2. The number of aromatic nitrogens is 4. The number of carbonyl (C=O) groups is 1. The van der Waals surface area contributed by atoms with Gasteiger partial charge in [0.05, 0.1) is 11.6 Å². The molecule has 0 unspecified atom stereocenters. The number of amides is 1. The van der Waals surface area contributed by atoms with Crippen LogP contribution in [0, 0.1) is 13.8 Å². The number of nitrogens with zero attached hydrogens (tertiary/aromatic N) is 4. The fourth-order valence-corrected chi connectivity index (χ4v) is 3.44. The minimum Gasteiger partial charge on any atom is -0.483 e. The molecule has 0 saturated carbocycles. The molecule has 0 spiro atoms. The third kappa shape index (κ3) is 4.81. The molecule has 2 aromatic carbocycles. The molecule has 2 aromatic heterocycles. The van der Waals surface area contributed by atoms with Crippen molar-refractivity contribution in [3.8, 4) is 23.0 Å². The molecule has 0 radical (unpaired) electrons. The molecular formula is C23H22ClN5O3. The van der Waals surface area contributed by atoms with E-state index in [9.17, 15) is 4.79 Å². The number of hydrogen-bond donors (Lipinski definition) is 1. The van der Waals surface area contributed by atoms with E-state index < -0.39 is 0 Å². The standard InChI is InChI=1S/C23H22ClN5O3/c1-15-6-5-7-16(2)22(15)32-14-20(30)25-12-13-31-21-11-10-19-26-27-23(29(19)28-21)17-8-3-4-9-18(17)24/h3-11H,12-14H2,1-2H3,(H,25,30). The molecule has 0 bridgehead atoms. The molecule has 1 amide bonds. The summed E-state index contributed by atoms with van der Waals surface area (Å²) < 4.78 is 12.9. The lowest BCUT2D eigenvalue weighted by atomic mass is 10.1. The smallest absolute Gasteiger partial charge is 0.258 e. The van der Waals surface area contributed by atoms with E-state index in [-0.39, 0.29) is 19.1 Å². The molecule has 0 aliphatic rings. The maximum absolute atomic E-state index is 12.1. The summed E-state index contributed by atoms with van der Waals surface area (Å²) in [4.78, 5) is 12.1. The van der Waals surface area contributed by atoms with Gasteiger partial charge in [0, 0.05) is 11.6 Å². The molecular weight excluding hydrogens is 430 g/mol. The summed E-state index contributed by atoms with van der Waals surface area (Å²) in [6.45, 7) is 4.40. The van der Waals surface area contributed by atoms with E-state index in [4.69, 9.17) is 21.1 Å². The predicted molar refractivity (Wildman–Crippen MR) is 121 cm³/mol. The van der Waals surface area contributed by atoms with E-state index in [2.05, 4.69) is 20.6 Å². The minimum atomic E-state index is -0.223. The third-order valence-corrected chi connectivity index (χ3v) is 5.11. The van der Waals surface area contributed by atoms with Crippen molar-refractivity contribution in [2.75, 3.05) is 19.8 Å². The maximum atomic E-state index is 12.1. The molecule has 2 heterocycles. The highest BCUT2D eigenvalue weighted by Gasteiger charge is 2.13. The summed E-state index contributed by atoms with van der Waals surface area (Å²) in [7, 11) is 0. The molecule has 0 aliphatic carbocycles. The van der Waals surface area contributed by atoms with Gasteiger partial charge in [0.2, 0.25) is 5.88 Å². The Morgan fingerprint density at radius 3 is 2.56 bits per heavy atom. The van der Waals surface area contributed by atoms with Gasteiger partial charge in [0.1, 0.15) is 12.4 Å². The minimum absolute atomic E-state index is 0.0577. The van der Waals surface area contributed by atoms with E-state index in [1.165, 1.54) is 0 Å². The van der Waals surface area contributed by atoms with Crippen LogP contribution in [0.2, 0.25) is 5.02 Å². The second kappa shape index (κ2) is 9.65. The first-order chi connectivity index (χ1) is 15.5. The van der Waals surface area contributed by atoms with Gasteiger partial charge in [-0.3, -0.25) is 4.79 Å². The van der Waals surface area contributed by atoms with Crippen molar-refractivity contribution in [2.24, 2.45) is 0 Å². The first kappa shape index (κ1) is 21.6. The van der Waals surface area contributed by atoms with Crippen LogP contribution in [0.15, 0.2) is 54.6 Å². The Balaban J connectivity index is 1.31. The Kier molecular flexibility index (Phi) is 6.51. The van der Waals surface area contributed by atoms with Gasteiger partial charge < -0.3 is 14.8 Å². The van der Waals surface area contributed by atoms with Crippen LogP contribution in [0.5, 0.6) is 11.6 Å². The van der Waals surface area contributed by atoms with Gasteiger partial charge in [-0.1, -0.05) is 41.9 Å². The Morgan fingerprint density at radius 1 is 1.00 bits per heavy atom. The number of benzene rings is 2. The van der Waals surface area contributed by atoms with Gasteiger partial charge in [-0.15, -0.1) is 15.3 Å². The molecule has 0 saturated heterocycles. The van der Waals surface area contributed by atoms with Crippen molar-refractivity contribution >= 4 is 23.2 Å². The zero-order chi connectivity index (χ0) is 22.5. The van der Waals surface area contributed by atoms with Crippen molar-refractivity contribution in [1.29, 1.82) is 0 Å². The first-order valence-corrected chi connectivity index (χ1v) is 10.5. The Bertz CT molecular complexity index is 1240. The molecule has 8 nitrogen and oxygen atoms in total. The van der Waals surface area contributed by atoms with Gasteiger partial charge in [0.25, 0.3) is 5.91 Å². The number of para-hydroxylation sites is 1. The topological polar surface area (TPSA) is 90.6 Å². The second-order valence-electron chi connectivity index (χ2n) is 7.15. The summed E-state index contributed by atoms with van der Waals surface area (Å²) in [5, 5.41) is 16.1. The number of fused-ring (bicyclic) bond motifs is 1. The number of halogens is 1. The van der Waals surface area contributed by atoms with Crippen molar-refractivity contribution in [2.45, 2.75) is 13.8 Å². The fraction of sp³-hybridized carbons (Fsp3) is 0.217. The lowest BCUT2D eigenvalue weighted by Gasteiger charge is -2.12. The zero-order valence-electron chi connectivity index (χ0n) is 17.7. The van der Waals surface area contributed by atoms with Crippen molar-refractivity contribution in [3.63, 3.8) is 0 Å². The Morgan fingerprint density at radius 2 is 1.78 bits per heavy atom. The number of rotatable bonds is 8. The molecule has 4 rings (SSSR count). The number of aryl methyl sites for hydroxylation is 2. The molecule has 0 fully saturated rings. The van der Waals surface area contributed by atoms with Gasteiger partial charge in [-0.05, 0) is 43.2 Å². The molecule has 164 valence electrons. The van der Waals surface area contributed by atoms with E-state index >= 15 is 0 Å². The lowest BCUT2D eigenvalue weighted by Crippen LogP contribution is -2.32. The average Bonchev–Trinajstić information content (AvgIpc) is 3.20. The van der Waals surface area contributed by atoms with Gasteiger partial charge in [-0.25, -0.2) is 0 Å². The van der Waals surface area contributed by atoms with Crippen LogP contribution in [0.1, 0.15) is 11.1 Å². The number of carbonyl (C=O) groups excluding carboxylic acids is 1. The molecule has 32 heavy (non-hydrogen) atoms. The second-order valence-corrected chi connectivity index (χ2v) is 7.56. The summed E-state index contributed by atoms with van der Waals surface area (Å²) in [6.07, 6.45) is 0. The summed E-state index contributed by atoms with van der Waals surface area (Å²) >= 11 is 6.28. The average molecular weight is 452 g/mol. The Hall–Kier alpha value is -3.65. The van der Waals surface area contributed by atoms with Crippen LogP contribution in [0.25, 0.3) is 17.0 Å². The number of hydrogen-bond acceptors (Lipinski definition) is 6. The summed E-state index contributed by atoms with van der Waals surface area (Å²) in [6, 6.07) is 16.7. The predicted octanol–water partition coefficient (Wildman–Crippen LogP) is 3.64.